The Hall–Kier alpha value is -3.54. The molecule has 6 rings (SSSR count). The number of likely N-dealkylation sites (tertiary alicyclic amines) is 1. The summed E-state index contributed by atoms with van der Waals surface area (Å²) in [4.78, 5) is 30.9. The molecule has 0 saturated carbocycles. The summed E-state index contributed by atoms with van der Waals surface area (Å²) in [6, 6.07) is 16.2. The number of amides is 2. The van der Waals surface area contributed by atoms with Gasteiger partial charge in [-0.15, -0.1) is 0 Å². The van der Waals surface area contributed by atoms with Gasteiger partial charge >= 0.3 is 0 Å². The Morgan fingerprint density at radius 1 is 0.771 bits per heavy atom. The second-order valence-electron chi connectivity index (χ2n) is 9.36. The van der Waals surface area contributed by atoms with Gasteiger partial charge in [0, 0.05) is 55.7 Å². The number of para-hydroxylation sites is 2. The van der Waals surface area contributed by atoms with Crippen molar-refractivity contribution in [3.05, 3.63) is 71.1 Å². The number of carbonyl (C=O) groups excluding carboxylic acids is 2. The summed E-state index contributed by atoms with van der Waals surface area (Å²) in [7, 11) is 2.08. The van der Waals surface area contributed by atoms with Gasteiger partial charge in [-0.2, -0.15) is 0 Å². The lowest BCUT2D eigenvalue weighted by molar-refractivity contribution is -0.113. The molecule has 35 heavy (non-hydrogen) atoms. The predicted octanol–water partition coefficient (Wildman–Crippen LogP) is 4.64. The van der Waals surface area contributed by atoms with Crippen LogP contribution in [0.2, 0.25) is 0 Å². The SMILES string of the molecule is CCN1C(=O)C(=C2CCCN2)c2ccccc21.CCN1C(=O)C(=C2CCCN2C)c2ccccc21. The first-order chi connectivity index (χ1) is 17.1. The Morgan fingerprint density at radius 2 is 1.34 bits per heavy atom. The van der Waals surface area contributed by atoms with Crippen LogP contribution in [0.1, 0.15) is 50.7 Å². The van der Waals surface area contributed by atoms with E-state index in [-0.39, 0.29) is 11.8 Å². The fourth-order valence-electron chi connectivity index (χ4n) is 5.69. The lowest BCUT2D eigenvalue weighted by Gasteiger charge is -2.16. The van der Waals surface area contributed by atoms with Crippen LogP contribution in [0.5, 0.6) is 0 Å². The van der Waals surface area contributed by atoms with Crippen LogP contribution in [0.15, 0.2) is 59.9 Å². The summed E-state index contributed by atoms with van der Waals surface area (Å²) in [5.74, 6) is 0.320. The van der Waals surface area contributed by atoms with E-state index in [0.29, 0.717) is 0 Å². The van der Waals surface area contributed by atoms with Gasteiger partial charge in [-0.05, 0) is 51.7 Å². The van der Waals surface area contributed by atoms with E-state index in [9.17, 15) is 9.59 Å². The molecule has 182 valence electrons. The second kappa shape index (κ2) is 9.61. The zero-order chi connectivity index (χ0) is 24.5. The van der Waals surface area contributed by atoms with Gasteiger partial charge in [0.05, 0.1) is 22.5 Å². The monoisotopic (exact) mass is 470 g/mol. The Balaban J connectivity index is 0.000000145. The summed E-state index contributed by atoms with van der Waals surface area (Å²) < 4.78 is 0. The average molecular weight is 471 g/mol. The molecule has 2 amide bonds. The van der Waals surface area contributed by atoms with Gasteiger partial charge in [0.2, 0.25) is 0 Å². The van der Waals surface area contributed by atoms with E-state index in [1.54, 1.807) is 0 Å². The maximum Gasteiger partial charge on any atom is 0.260 e. The molecule has 0 bridgehead atoms. The van der Waals surface area contributed by atoms with E-state index >= 15 is 0 Å². The first-order valence-corrected chi connectivity index (χ1v) is 12.8. The van der Waals surface area contributed by atoms with Crippen LogP contribution in [0, 0.1) is 0 Å². The van der Waals surface area contributed by atoms with Crippen LogP contribution in [0.4, 0.5) is 11.4 Å². The summed E-state index contributed by atoms with van der Waals surface area (Å²) in [5, 5.41) is 3.35. The molecule has 0 aliphatic carbocycles. The fraction of sp³-hybridized carbons (Fsp3) is 0.379. The molecule has 4 aliphatic heterocycles. The van der Waals surface area contributed by atoms with E-state index < -0.39 is 0 Å². The van der Waals surface area contributed by atoms with E-state index in [1.807, 2.05) is 66.1 Å². The number of nitrogens with one attached hydrogen (secondary N) is 1. The zero-order valence-corrected chi connectivity index (χ0v) is 20.9. The molecule has 2 saturated heterocycles. The van der Waals surface area contributed by atoms with Crippen LogP contribution >= 0.6 is 0 Å². The number of carbonyl (C=O) groups is 2. The van der Waals surface area contributed by atoms with Crippen molar-refractivity contribution in [2.24, 2.45) is 0 Å². The minimum absolute atomic E-state index is 0.151. The van der Waals surface area contributed by atoms with Crippen LogP contribution < -0.4 is 15.1 Å². The highest BCUT2D eigenvalue weighted by Crippen LogP contribution is 2.41. The van der Waals surface area contributed by atoms with Crippen molar-refractivity contribution < 1.29 is 9.59 Å². The average Bonchev–Trinajstić information content (AvgIpc) is 3.64. The van der Waals surface area contributed by atoms with Crippen molar-refractivity contribution in [2.45, 2.75) is 39.5 Å². The minimum atomic E-state index is 0.151. The summed E-state index contributed by atoms with van der Waals surface area (Å²) in [5.41, 5.74) is 8.45. The first kappa shape index (κ1) is 23.2. The number of hydrogen-bond acceptors (Lipinski definition) is 4. The van der Waals surface area contributed by atoms with Gasteiger partial charge in [-0.1, -0.05) is 36.4 Å². The van der Waals surface area contributed by atoms with Gasteiger partial charge in [0.1, 0.15) is 0 Å². The van der Waals surface area contributed by atoms with Gasteiger partial charge in [-0.25, -0.2) is 0 Å². The van der Waals surface area contributed by atoms with Crippen LogP contribution in [0.25, 0.3) is 11.1 Å². The standard InChI is InChI=1S/C15H18N2O.C14H16N2O/c1-3-17-12-8-5-4-7-11(12)14(15(17)18)13-9-6-10-16(13)2;1-2-16-12-8-4-3-6-10(12)13(14(16)17)11-7-5-9-15-11/h4-5,7-8H,3,6,9-10H2,1-2H3;3-4,6,8,15H,2,5,7,9H2,1H3. The van der Waals surface area contributed by atoms with Gasteiger partial charge in [0.25, 0.3) is 11.8 Å². The van der Waals surface area contributed by atoms with Crippen LogP contribution in [-0.4, -0.2) is 49.9 Å². The summed E-state index contributed by atoms with van der Waals surface area (Å²) >= 11 is 0. The molecule has 0 atom stereocenters. The highest BCUT2D eigenvalue weighted by molar-refractivity contribution is 6.33. The topological polar surface area (TPSA) is 55.9 Å². The maximum atomic E-state index is 12.6. The number of fused-ring (bicyclic) bond motifs is 2. The van der Waals surface area contributed by atoms with E-state index in [0.717, 1.165) is 91.2 Å². The number of hydrogen-bond donors (Lipinski definition) is 1. The smallest absolute Gasteiger partial charge is 0.260 e. The molecule has 2 fully saturated rings. The van der Waals surface area contributed by atoms with Crippen molar-refractivity contribution in [1.29, 1.82) is 0 Å². The molecular formula is C29H34N4O2. The summed E-state index contributed by atoms with van der Waals surface area (Å²) in [6.45, 7) is 7.55. The van der Waals surface area contributed by atoms with Crippen molar-refractivity contribution in [1.82, 2.24) is 10.2 Å². The Bertz CT molecular complexity index is 1220. The normalized spacial score (nSPS) is 22.9. The van der Waals surface area contributed by atoms with Gasteiger partial charge in [-0.3, -0.25) is 9.59 Å². The summed E-state index contributed by atoms with van der Waals surface area (Å²) in [6.07, 6.45) is 4.29. The number of likely N-dealkylation sites (N-methyl/N-ethyl adjacent to an activating group) is 2. The van der Waals surface area contributed by atoms with Crippen LogP contribution in [-0.2, 0) is 9.59 Å². The highest BCUT2D eigenvalue weighted by Gasteiger charge is 2.35. The molecule has 6 nitrogen and oxygen atoms in total. The van der Waals surface area contributed by atoms with Crippen molar-refractivity contribution in [3.8, 4) is 0 Å². The molecule has 2 aromatic carbocycles. The second-order valence-corrected chi connectivity index (χ2v) is 9.36. The fourth-order valence-corrected chi connectivity index (χ4v) is 5.69. The molecular weight excluding hydrogens is 436 g/mol. The van der Waals surface area contributed by atoms with Crippen LogP contribution in [0.3, 0.4) is 0 Å². The van der Waals surface area contributed by atoms with Crippen molar-refractivity contribution in [3.63, 3.8) is 0 Å². The molecule has 6 heteroatoms. The number of allylic oxidation sites excluding steroid dienone is 2. The van der Waals surface area contributed by atoms with Crippen molar-refractivity contribution in [2.75, 3.05) is 43.0 Å². The molecule has 4 aliphatic rings. The van der Waals surface area contributed by atoms with Gasteiger partial charge < -0.3 is 20.0 Å². The van der Waals surface area contributed by atoms with E-state index in [2.05, 4.69) is 23.3 Å². The third-order valence-corrected chi connectivity index (χ3v) is 7.38. The molecule has 4 heterocycles. The molecule has 0 unspecified atom stereocenters. The van der Waals surface area contributed by atoms with E-state index in [1.165, 1.54) is 5.70 Å². The Kier molecular flexibility index (Phi) is 6.37. The molecule has 0 spiro atoms. The molecule has 2 aromatic rings. The Morgan fingerprint density at radius 3 is 1.86 bits per heavy atom. The molecule has 0 aromatic heterocycles. The third-order valence-electron chi connectivity index (χ3n) is 7.38. The van der Waals surface area contributed by atoms with E-state index in [4.69, 9.17) is 0 Å². The Labute approximate surface area is 207 Å². The first-order valence-electron chi connectivity index (χ1n) is 12.8. The number of anilines is 2. The number of benzene rings is 2. The molecule has 0 radical (unpaired) electrons. The molecule has 1 N–H and O–H groups in total. The largest absolute Gasteiger partial charge is 0.388 e. The lowest BCUT2D eigenvalue weighted by atomic mass is 10.0. The quantitative estimate of drug-likeness (QED) is 0.650. The zero-order valence-electron chi connectivity index (χ0n) is 20.9. The number of nitrogens with zero attached hydrogens (tertiary/aromatic N) is 3. The van der Waals surface area contributed by atoms with Gasteiger partial charge in [0.15, 0.2) is 0 Å². The number of rotatable bonds is 2. The maximum absolute atomic E-state index is 12.6. The predicted molar refractivity (Wildman–Crippen MR) is 142 cm³/mol. The minimum Gasteiger partial charge on any atom is -0.388 e. The lowest BCUT2D eigenvalue weighted by Crippen LogP contribution is -2.26. The third kappa shape index (κ3) is 3.91. The van der Waals surface area contributed by atoms with Crippen molar-refractivity contribution >= 4 is 34.3 Å². The highest BCUT2D eigenvalue weighted by atomic mass is 16.2.